The lowest BCUT2D eigenvalue weighted by Gasteiger charge is -2.34. The van der Waals surface area contributed by atoms with Gasteiger partial charge in [-0.15, -0.1) is 0 Å². The molecule has 0 spiro atoms. The summed E-state index contributed by atoms with van der Waals surface area (Å²) in [6.07, 6.45) is 5.22. The predicted molar refractivity (Wildman–Crippen MR) is 71.5 cm³/mol. The van der Waals surface area contributed by atoms with E-state index in [0.29, 0.717) is 6.04 Å². The fourth-order valence-electron chi connectivity index (χ4n) is 2.59. The average Bonchev–Trinajstić information content (AvgIpc) is 3.01. The van der Waals surface area contributed by atoms with Gasteiger partial charge in [-0.3, -0.25) is 4.90 Å². The van der Waals surface area contributed by atoms with Crippen LogP contribution in [0.25, 0.3) is 0 Å². The van der Waals surface area contributed by atoms with E-state index in [1.807, 2.05) is 0 Å². The zero-order valence-electron chi connectivity index (χ0n) is 11.6. The van der Waals surface area contributed by atoms with Gasteiger partial charge in [0.2, 0.25) is 0 Å². The minimum Gasteiger partial charge on any atom is -0.326 e. The van der Waals surface area contributed by atoms with Crippen molar-refractivity contribution in [2.75, 3.05) is 13.1 Å². The summed E-state index contributed by atoms with van der Waals surface area (Å²) in [6, 6.07) is 1.14. The molecule has 1 rings (SSSR count). The molecule has 0 aromatic heterocycles. The van der Waals surface area contributed by atoms with Crippen LogP contribution >= 0.6 is 0 Å². The molecule has 96 valence electrons. The lowest BCUT2D eigenvalue weighted by molar-refractivity contribution is 0.152. The van der Waals surface area contributed by atoms with E-state index >= 15 is 0 Å². The summed E-state index contributed by atoms with van der Waals surface area (Å²) in [7, 11) is 0. The number of hydrogen-bond acceptors (Lipinski definition) is 2. The lowest BCUT2D eigenvalue weighted by Crippen LogP contribution is -2.45. The van der Waals surface area contributed by atoms with Gasteiger partial charge in [0.15, 0.2) is 0 Å². The summed E-state index contributed by atoms with van der Waals surface area (Å²) < 4.78 is 0. The van der Waals surface area contributed by atoms with Crippen LogP contribution in [0.5, 0.6) is 0 Å². The van der Waals surface area contributed by atoms with Gasteiger partial charge in [-0.1, -0.05) is 27.7 Å². The van der Waals surface area contributed by atoms with E-state index in [1.54, 1.807) is 0 Å². The van der Waals surface area contributed by atoms with E-state index < -0.39 is 0 Å². The first-order chi connectivity index (χ1) is 7.58. The molecule has 1 saturated carbocycles. The smallest absolute Gasteiger partial charge is 0.0196 e. The quantitative estimate of drug-likeness (QED) is 0.689. The maximum Gasteiger partial charge on any atom is 0.0196 e. The standard InChI is InChI=1S/C14H30N2/c1-5-13(6-2)16(9-11(3)4)10-14(15)12-7-8-12/h11-14H,5-10,15H2,1-4H3. The Kier molecular flexibility index (Phi) is 5.77. The van der Waals surface area contributed by atoms with Crippen LogP contribution in [0.1, 0.15) is 53.4 Å². The molecule has 0 bridgehead atoms. The summed E-state index contributed by atoms with van der Waals surface area (Å²) >= 11 is 0. The van der Waals surface area contributed by atoms with Crippen molar-refractivity contribution in [2.24, 2.45) is 17.6 Å². The zero-order valence-corrected chi connectivity index (χ0v) is 11.6. The third-order valence-corrected chi connectivity index (χ3v) is 3.73. The van der Waals surface area contributed by atoms with Crippen LogP contribution in [0, 0.1) is 11.8 Å². The van der Waals surface area contributed by atoms with Gasteiger partial charge < -0.3 is 5.73 Å². The van der Waals surface area contributed by atoms with Crippen LogP contribution in [0.2, 0.25) is 0 Å². The van der Waals surface area contributed by atoms with Crippen LogP contribution in [0.3, 0.4) is 0 Å². The Labute approximate surface area is 102 Å². The van der Waals surface area contributed by atoms with Gasteiger partial charge in [0.05, 0.1) is 0 Å². The maximum absolute atomic E-state index is 6.26. The molecule has 0 aromatic rings. The first kappa shape index (κ1) is 14.0. The molecule has 2 N–H and O–H groups in total. The molecule has 0 aromatic carbocycles. The topological polar surface area (TPSA) is 29.3 Å². The molecule has 0 aliphatic heterocycles. The Morgan fingerprint density at radius 3 is 2.06 bits per heavy atom. The molecule has 0 heterocycles. The zero-order chi connectivity index (χ0) is 12.1. The molecule has 0 radical (unpaired) electrons. The van der Waals surface area contributed by atoms with Gasteiger partial charge in [-0.25, -0.2) is 0 Å². The highest BCUT2D eigenvalue weighted by molar-refractivity contribution is 4.87. The Hall–Kier alpha value is -0.0800. The minimum absolute atomic E-state index is 0.416. The van der Waals surface area contributed by atoms with Gasteiger partial charge in [-0.05, 0) is 37.5 Å². The Morgan fingerprint density at radius 1 is 1.12 bits per heavy atom. The summed E-state index contributed by atoms with van der Waals surface area (Å²) in [6.45, 7) is 11.5. The van der Waals surface area contributed by atoms with Gasteiger partial charge in [0.25, 0.3) is 0 Å². The van der Waals surface area contributed by atoms with Crippen LogP contribution < -0.4 is 5.73 Å². The monoisotopic (exact) mass is 226 g/mol. The average molecular weight is 226 g/mol. The van der Waals surface area contributed by atoms with E-state index in [1.165, 1.54) is 32.2 Å². The fraction of sp³-hybridized carbons (Fsp3) is 1.00. The van der Waals surface area contributed by atoms with E-state index in [0.717, 1.165) is 24.4 Å². The van der Waals surface area contributed by atoms with Crippen molar-refractivity contribution in [1.29, 1.82) is 0 Å². The first-order valence-electron chi connectivity index (χ1n) is 7.08. The number of nitrogens with two attached hydrogens (primary N) is 1. The Morgan fingerprint density at radius 2 is 1.69 bits per heavy atom. The summed E-state index contributed by atoms with van der Waals surface area (Å²) in [4.78, 5) is 2.63. The molecule has 2 nitrogen and oxygen atoms in total. The van der Waals surface area contributed by atoms with Crippen LogP contribution in [0.4, 0.5) is 0 Å². The molecule has 16 heavy (non-hydrogen) atoms. The fourth-order valence-corrected chi connectivity index (χ4v) is 2.59. The molecule has 1 aliphatic rings. The number of nitrogens with zero attached hydrogens (tertiary/aromatic N) is 1. The van der Waals surface area contributed by atoms with Gasteiger partial charge in [-0.2, -0.15) is 0 Å². The van der Waals surface area contributed by atoms with Crippen molar-refractivity contribution in [2.45, 2.75) is 65.5 Å². The Balaban J connectivity index is 2.47. The van der Waals surface area contributed by atoms with Crippen LogP contribution in [-0.2, 0) is 0 Å². The Bertz CT molecular complexity index is 183. The van der Waals surface area contributed by atoms with Gasteiger partial charge in [0, 0.05) is 25.2 Å². The molecule has 1 unspecified atom stereocenters. The van der Waals surface area contributed by atoms with Crippen molar-refractivity contribution in [3.8, 4) is 0 Å². The van der Waals surface area contributed by atoms with Crippen molar-refractivity contribution >= 4 is 0 Å². The van der Waals surface area contributed by atoms with E-state index in [2.05, 4.69) is 32.6 Å². The summed E-state index contributed by atoms with van der Waals surface area (Å²) in [5.41, 5.74) is 6.26. The summed E-state index contributed by atoms with van der Waals surface area (Å²) in [5.74, 6) is 1.57. The molecule has 1 fully saturated rings. The van der Waals surface area contributed by atoms with Crippen molar-refractivity contribution < 1.29 is 0 Å². The first-order valence-corrected chi connectivity index (χ1v) is 7.08. The minimum atomic E-state index is 0.416. The van der Waals surface area contributed by atoms with E-state index in [4.69, 9.17) is 5.73 Å². The highest BCUT2D eigenvalue weighted by Crippen LogP contribution is 2.32. The summed E-state index contributed by atoms with van der Waals surface area (Å²) in [5, 5.41) is 0. The molecule has 2 heteroatoms. The van der Waals surface area contributed by atoms with Crippen LogP contribution in [0.15, 0.2) is 0 Å². The van der Waals surface area contributed by atoms with Crippen molar-refractivity contribution in [3.05, 3.63) is 0 Å². The van der Waals surface area contributed by atoms with Crippen molar-refractivity contribution in [3.63, 3.8) is 0 Å². The van der Waals surface area contributed by atoms with Crippen molar-refractivity contribution in [1.82, 2.24) is 4.90 Å². The lowest BCUT2D eigenvalue weighted by atomic mass is 10.1. The van der Waals surface area contributed by atoms with Gasteiger partial charge >= 0.3 is 0 Å². The largest absolute Gasteiger partial charge is 0.326 e. The molecular formula is C14H30N2. The highest BCUT2D eigenvalue weighted by atomic mass is 15.2. The highest BCUT2D eigenvalue weighted by Gasteiger charge is 2.30. The SMILES string of the molecule is CCC(CC)N(CC(C)C)CC(N)C1CC1. The second-order valence-corrected chi connectivity index (χ2v) is 5.82. The van der Waals surface area contributed by atoms with Gasteiger partial charge in [0.1, 0.15) is 0 Å². The molecule has 0 saturated heterocycles. The molecule has 1 atom stereocenters. The number of rotatable bonds is 8. The molecule has 0 amide bonds. The van der Waals surface area contributed by atoms with Crippen LogP contribution in [-0.4, -0.2) is 30.1 Å². The predicted octanol–water partition coefficient (Wildman–Crippen LogP) is 2.87. The van der Waals surface area contributed by atoms with E-state index in [-0.39, 0.29) is 0 Å². The third kappa shape index (κ3) is 4.42. The number of hydrogen-bond donors (Lipinski definition) is 1. The maximum atomic E-state index is 6.26. The normalized spacial score (nSPS) is 18.8. The third-order valence-electron chi connectivity index (χ3n) is 3.73. The second kappa shape index (κ2) is 6.61. The molecular weight excluding hydrogens is 196 g/mol. The second-order valence-electron chi connectivity index (χ2n) is 5.82. The van der Waals surface area contributed by atoms with E-state index in [9.17, 15) is 0 Å². The molecule has 1 aliphatic carbocycles.